The van der Waals surface area contributed by atoms with E-state index in [-0.39, 0.29) is 0 Å². The largest absolute Gasteiger partial charge is 0.351 e. The van der Waals surface area contributed by atoms with Gasteiger partial charge in [-0.05, 0) is 36.0 Å². The van der Waals surface area contributed by atoms with Gasteiger partial charge in [-0.2, -0.15) is 0 Å². The van der Waals surface area contributed by atoms with Crippen molar-refractivity contribution in [3.8, 4) is 11.3 Å². The van der Waals surface area contributed by atoms with Gasteiger partial charge in [-0.15, -0.1) is 0 Å². The highest BCUT2D eigenvalue weighted by Crippen LogP contribution is 2.41. The van der Waals surface area contributed by atoms with Crippen LogP contribution < -0.4 is 5.32 Å². The molecule has 132 valence electrons. The number of nitrogens with one attached hydrogen (secondary N) is 1. The summed E-state index contributed by atoms with van der Waals surface area (Å²) in [7, 11) is 0. The van der Waals surface area contributed by atoms with E-state index in [9.17, 15) is 0 Å². The Morgan fingerprint density at radius 1 is 1.00 bits per heavy atom. The second-order valence-corrected chi connectivity index (χ2v) is 6.98. The number of anilines is 1. The monoisotopic (exact) mass is 343 g/mol. The lowest BCUT2D eigenvalue weighted by Crippen LogP contribution is -2.20. The van der Waals surface area contributed by atoms with Crippen molar-refractivity contribution in [2.45, 2.75) is 45.1 Å². The summed E-state index contributed by atoms with van der Waals surface area (Å²) in [5, 5.41) is 3.48. The van der Waals surface area contributed by atoms with Crippen LogP contribution in [-0.2, 0) is 6.42 Å². The SMILES string of the molecule is CCC(CC)Nc1ncc2c(n1)-c1ccccc1C(c1ccccc1)C2. The third-order valence-electron chi connectivity index (χ3n) is 5.40. The molecule has 1 aromatic heterocycles. The fourth-order valence-corrected chi connectivity index (χ4v) is 3.86. The third-order valence-corrected chi connectivity index (χ3v) is 5.40. The second kappa shape index (κ2) is 7.28. The van der Waals surface area contributed by atoms with Crippen molar-refractivity contribution in [2.75, 3.05) is 5.32 Å². The van der Waals surface area contributed by atoms with Crippen LogP contribution in [0.2, 0.25) is 0 Å². The number of hydrogen-bond donors (Lipinski definition) is 1. The lowest BCUT2D eigenvalue weighted by atomic mass is 9.78. The Labute approximate surface area is 155 Å². The van der Waals surface area contributed by atoms with Crippen LogP contribution >= 0.6 is 0 Å². The van der Waals surface area contributed by atoms with Gasteiger partial charge in [-0.1, -0.05) is 68.4 Å². The van der Waals surface area contributed by atoms with E-state index in [1.54, 1.807) is 0 Å². The Bertz CT molecular complexity index is 885. The molecule has 0 fully saturated rings. The zero-order chi connectivity index (χ0) is 17.9. The van der Waals surface area contributed by atoms with Crippen LogP contribution in [0.3, 0.4) is 0 Å². The average Bonchev–Trinajstić information content (AvgIpc) is 2.72. The highest BCUT2D eigenvalue weighted by atomic mass is 15.1. The third kappa shape index (κ3) is 3.10. The van der Waals surface area contributed by atoms with Crippen LogP contribution in [0, 0.1) is 0 Å². The Morgan fingerprint density at radius 2 is 1.73 bits per heavy atom. The lowest BCUT2D eigenvalue weighted by Gasteiger charge is -2.28. The van der Waals surface area contributed by atoms with E-state index < -0.39 is 0 Å². The highest BCUT2D eigenvalue weighted by molar-refractivity contribution is 5.72. The molecule has 3 nitrogen and oxygen atoms in total. The minimum atomic E-state index is 0.362. The number of nitrogens with zero attached hydrogens (tertiary/aromatic N) is 2. The first-order chi connectivity index (χ1) is 12.8. The summed E-state index contributed by atoms with van der Waals surface area (Å²) < 4.78 is 0. The quantitative estimate of drug-likeness (QED) is 0.671. The number of hydrogen-bond acceptors (Lipinski definition) is 3. The molecule has 3 heteroatoms. The molecule has 0 radical (unpaired) electrons. The summed E-state index contributed by atoms with van der Waals surface area (Å²) >= 11 is 0. The first kappa shape index (κ1) is 16.8. The van der Waals surface area contributed by atoms with Crippen molar-refractivity contribution in [2.24, 2.45) is 0 Å². The zero-order valence-corrected chi connectivity index (χ0v) is 15.4. The van der Waals surface area contributed by atoms with Gasteiger partial charge in [-0.3, -0.25) is 0 Å². The van der Waals surface area contributed by atoms with Gasteiger partial charge in [0.05, 0.1) is 5.69 Å². The summed E-state index contributed by atoms with van der Waals surface area (Å²) in [6, 6.07) is 19.8. The molecule has 0 saturated heterocycles. The summed E-state index contributed by atoms with van der Waals surface area (Å²) in [5.74, 6) is 1.10. The summed E-state index contributed by atoms with van der Waals surface area (Å²) in [4.78, 5) is 9.50. The molecule has 1 atom stereocenters. The van der Waals surface area contributed by atoms with Crippen molar-refractivity contribution >= 4 is 5.95 Å². The van der Waals surface area contributed by atoms with E-state index in [4.69, 9.17) is 4.98 Å². The van der Waals surface area contributed by atoms with Crippen LogP contribution in [0.15, 0.2) is 60.8 Å². The Morgan fingerprint density at radius 3 is 2.50 bits per heavy atom. The molecule has 0 aliphatic heterocycles. The smallest absolute Gasteiger partial charge is 0.223 e. The highest BCUT2D eigenvalue weighted by Gasteiger charge is 2.27. The molecule has 3 aromatic rings. The predicted octanol–water partition coefficient (Wildman–Crippen LogP) is 5.43. The molecule has 0 amide bonds. The molecule has 1 heterocycles. The average molecular weight is 343 g/mol. The first-order valence-corrected chi connectivity index (χ1v) is 9.56. The number of rotatable bonds is 5. The molecule has 1 unspecified atom stereocenters. The fraction of sp³-hybridized carbons (Fsp3) is 0.304. The summed E-state index contributed by atoms with van der Waals surface area (Å²) in [6.45, 7) is 4.39. The van der Waals surface area contributed by atoms with E-state index in [1.807, 2.05) is 6.20 Å². The van der Waals surface area contributed by atoms with Gasteiger partial charge in [0.2, 0.25) is 5.95 Å². The van der Waals surface area contributed by atoms with Gasteiger partial charge in [-0.25, -0.2) is 9.97 Å². The Balaban J connectivity index is 1.75. The van der Waals surface area contributed by atoms with E-state index >= 15 is 0 Å². The van der Waals surface area contributed by atoms with Crippen LogP contribution in [-0.4, -0.2) is 16.0 Å². The topological polar surface area (TPSA) is 37.8 Å². The van der Waals surface area contributed by atoms with Crippen molar-refractivity contribution in [3.05, 3.63) is 77.5 Å². The summed E-state index contributed by atoms with van der Waals surface area (Å²) in [5.41, 5.74) is 6.25. The summed E-state index contributed by atoms with van der Waals surface area (Å²) in [6.07, 6.45) is 5.10. The number of benzene rings is 2. The number of fused-ring (bicyclic) bond motifs is 3. The zero-order valence-electron chi connectivity index (χ0n) is 15.4. The van der Waals surface area contributed by atoms with Crippen molar-refractivity contribution < 1.29 is 0 Å². The van der Waals surface area contributed by atoms with E-state index in [0.717, 1.165) is 30.9 Å². The van der Waals surface area contributed by atoms with Gasteiger partial charge < -0.3 is 5.32 Å². The normalized spacial score (nSPS) is 15.4. The van der Waals surface area contributed by atoms with Gasteiger partial charge in [0.1, 0.15) is 0 Å². The fourth-order valence-electron chi connectivity index (χ4n) is 3.86. The second-order valence-electron chi connectivity index (χ2n) is 6.98. The standard InChI is InChI=1S/C23H25N3/c1-3-18(4-2)25-23-24-15-17-14-21(16-10-6-5-7-11-16)19-12-8-9-13-20(19)22(17)26-23/h5-13,15,18,21H,3-4,14H2,1-2H3,(H,24,25,26). The minimum Gasteiger partial charge on any atom is -0.351 e. The maximum absolute atomic E-state index is 4.90. The molecular weight excluding hydrogens is 318 g/mol. The van der Waals surface area contributed by atoms with Crippen molar-refractivity contribution in [1.29, 1.82) is 0 Å². The van der Waals surface area contributed by atoms with Crippen LogP contribution in [0.4, 0.5) is 5.95 Å². The van der Waals surface area contributed by atoms with Crippen LogP contribution in [0.25, 0.3) is 11.3 Å². The molecule has 1 N–H and O–H groups in total. The molecule has 0 spiro atoms. The molecule has 1 aliphatic carbocycles. The van der Waals surface area contributed by atoms with E-state index in [0.29, 0.717) is 12.0 Å². The van der Waals surface area contributed by atoms with Gasteiger partial charge >= 0.3 is 0 Å². The number of aromatic nitrogens is 2. The molecule has 0 bridgehead atoms. The maximum atomic E-state index is 4.90. The lowest BCUT2D eigenvalue weighted by molar-refractivity contribution is 0.663. The van der Waals surface area contributed by atoms with Crippen molar-refractivity contribution in [3.63, 3.8) is 0 Å². The van der Waals surface area contributed by atoms with Gasteiger partial charge in [0.25, 0.3) is 0 Å². The van der Waals surface area contributed by atoms with E-state index in [1.165, 1.54) is 22.3 Å². The Kier molecular flexibility index (Phi) is 4.70. The van der Waals surface area contributed by atoms with Gasteiger partial charge in [0.15, 0.2) is 0 Å². The molecule has 4 rings (SSSR count). The first-order valence-electron chi connectivity index (χ1n) is 9.56. The van der Waals surface area contributed by atoms with Crippen LogP contribution in [0.1, 0.15) is 49.3 Å². The molecule has 1 aliphatic rings. The predicted molar refractivity (Wildman–Crippen MR) is 107 cm³/mol. The van der Waals surface area contributed by atoms with Crippen molar-refractivity contribution in [1.82, 2.24) is 9.97 Å². The Hall–Kier alpha value is -2.68. The molecule has 2 aromatic carbocycles. The van der Waals surface area contributed by atoms with E-state index in [2.05, 4.69) is 78.7 Å². The molecular formula is C23H25N3. The maximum Gasteiger partial charge on any atom is 0.223 e. The molecule has 26 heavy (non-hydrogen) atoms. The molecule has 0 saturated carbocycles. The minimum absolute atomic E-state index is 0.362. The van der Waals surface area contributed by atoms with Gasteiger partial charge in [0, 0.05) is 23.7 Å². The van der Waals surface area contributed by atoms with Crippen LogP contribution in [0.5, 0.6) is 0 Å².